The first-order valence-electron chi connectivity index (χ1n) is 14.7. The lowest BCUT2D eigenvalue weighted by Crippen LogP contribution is -2.60. The first-order chi connectivity index (χ1) is 19.5. The Balaban J connectivity index is 1.40. The molecular formula is C32H43N3O4S. The summed E-state index contributed by atoms with van der Waals surface area (Å²) in [4.78, 5) is 39.6. The topological polar surface area (TPSA) is 87.7 Å². The summed E-state index contributed by atoms with van der Waals surface area (Å²) in [5.74, 6) is -1.10. The summed E-state index contributed by atoms with van der Waals surface area (Å²) in [5, 5.41) is 5.63. The Bertz CT molecular complexity index is 1090. The van der Waals surface area contributed by atoms with Crippen molar-refractivity contribution >= 4 is 35.1 Å². The summed E-state index contributed by atoms with van der Waals surface area (Å²) >= 11 is 5.48. The van der Waals surface area contributed by atoms with E-state index >= 15 is 0 Å². The zero-order valence-corrected chi connectivity index (χ0v) is 24.5. The lowest BCUT2D eigenvalue weighted by Gasteiger charge is -2.36. The van der Waals surface area contributed by atoms with Crippen LogP contribution in [0, 0.1) is 0 Å². The van der Waals surface area contributed by atoms with Crippen molar-refractivity contribution in [2.75, 3.05) is 19.7 Å². The molecule has 1 aliphatic heterocycles. The van der Waals surface area contributed by atoms with Gasteiger partial charge in [0.15, 0.2) is 5.11 Å². The second-order valence-corrected chi connectivity index (χ2v) is 10.7. The number of ether oxygens (including phenoxy) is 1. The maximum Gasteiger partial charge on any atom is 0.308 e. The van der Waals surface area contributed by atoms with Crippen molar-refractivity contribution < 1.29 is 19.1 Å². The highest BCUT2D eigenvalue weighted by molar-refractivity contribution is 7.80. The van der Waals surface area contributed by atoms with Crippen LogP contribution in [0.1, 0.15) is 87.9 Å². The Kier molecular flexibility index (Phi) is 13.6. The summed E-state index contributed by atoms with van der Waals surface area (Å²) in [6, 6.07) is 16.3. The zero-order valence-electron chi connectivity index (χ0n) is 23.7. The summed E-state index contributed by atoms with van der Waals surface area (Å²) in [7, 11) is 0. The number of thiocarbonyl (C=S) groups is 1. The Labute approximate surface area is 244 Å². The first kappa shape index (κ1) is 31.3. The number of nitrogens with zero attached hydrogens (tertiary/aromatic N) is 1. The van der Waals surface area contributed by atoms with E-state index in [1.165, 1.54) is 44.9 Å². The van der Waals surface area contributed by atoms with Crippen LogP contribution in [0.2, 0.25) is 0 Å². The second-order valence-electron chi connectivity index (χ2n) is 10.3. The molecule has 2 N–H and O–H groups in total. The minimum atomic E-state index is -0.817. The van der Waals surface area contributed by atoms with Gasteiger partial charge in [0.05, 0.1) is 13.0 Å². The third kappa shape index (κ3) is 10.4. The van der Waals surface area contributed by atoms with Crippen molar-refractivity contribution in [1.29, 1.82) is 0 Å². The van der Waals surface area contributed by atoms with Crippen LogP contribution in [0.4, 0.5) is 0 Å². The fourth-order valence-corrected chi connectivity index (χ4v) is 5.15. The van der Waals surface area contributed by atoms with E-state index in [-0.39, 0.29) is 23.3 Å². The van der Waals surface area contributed by atoms with Crippen molar-refractivity contribution in [3.05, 3.63) is 60.2 Å². The van der Waals surface area contributed by atoms with Crippen molar-refractivity contribution in [3.8, 4) is 11.1 Å². The molecule has 0 radical (unpaired) electrons. The van der Waals surface area contributed by atoms with Gasteiger partial charge in [0.2, 0.25) is 5.91 Å². The van der Waals surface area contributed by atoms with Gasteiger partial charge in [-0.3, -0.25) is 19.7 Å². The minimum absolute atomic E-state index is 0.120. The van der Waals surface area contributed by atoms with E-state index in [4.69, 9.17) is 17.0 Å². The summed E-state index contributed by atoms with van der Waals surface area (Å²) in [6.45, 7) is 3.36. The summed E-state index contributed by atoms with van der Waals surface area (Å²) in [6.07, 6.45) is 11.9. The second kappa shape index (κ2) is 17.4. The predicted octanol–water partition coefficient (Wildman–Crippen LogP) is 6.02. The highest BCUT2D eigenvalue weighted by atomic mass is 32.1. The molecule has 8 heteroatoms. The number of rotatable bonds is 15. The molecule has 1 atom stereocenters. The number of esters is 1. The number of hydrogen-bond acceptors (Lipinski definition) is 5. The molecule has 0 bridgehead atoms. The fraction of sp³-hybridized carbons (Fsp3) is 0.500. The van der Waals surface area contributed by atoms with E-state index in [0.717, 1.165) is 30.4 Å². The van der Waals surface area contributed by atoms with E-state index < -0.39 is 12.0 Å². The molecule has 7 nitrogen and oxygen atoms in total. The van der Waals surface area contributed by atoms with Crippen LogP contribution in [-0.4, -0.2) is 53.5 Å². The average molecular weight is 566 g/mol. The third-order valence-electron chi connectivity index (χ3n) is 7.19. The largest absolute Gasteiger partial charge is 0.466 e. The van der Waals surface area contributed by atoms with Gasteiger partial charge in [-0.1, -0.05) is 107 Å². The molecule has 1 heterocycles. The normalized spacial score (nSPS) is 14.9. The quantitative estimate of drug-likeness (QED) is 0.156. The highest BCUT2D eigenvalue weighted by Gasteiger charge is 2.34. The fourth-order valence-electron chi connectivity index (χ4n) is 4.84. The van der Waals surface area contributed by atoms with Crippen LogP contribution < -0.4 is 10.6 Å². The lowest BCUT2D eigenvalue weighted by atomic mass is 10.0. The molecular weight excluding hydrogens is 522 g/mol. The Hall–Kier alpha value is -3.26. The van der Waals surface area contributed by atoms with E-state index in [1.807, 2.05) is 42.5 Å². The number of hydrogen-bond donors (Lipinski definition) is 2. The van der Waals surface area contributed by atoms with Gasteiger partial charge >= 0.3 is 5.97 Å². The summed E-state index contributed by atoms with van der Waals surface area (Å²) < 4.78 is 5.42. The number of benzene rings is 2. The van der Waals surface area contributed by atoms with Crippen LogP contribution in [0.3, 0.4) is 0 Å². The first-order valence-corrected chi connectivity index (χ1v) is 15.1. The van der Waals surface area contributed by atoms with Gasteiger partial charge in [-0.25, -0.2) is 0 Å². The number of amides is 2. The third-order valence-corrected chi connectivity index (χ3v) is 7.52. The molecule has 0 aliphatic carbocycles. The maximum absolute atomic E-state index is 12.9. The average Bonchev–Trinajstić information content (AvgIpc) is 2.97. The standard InChI is InChI=1S/C32H43N3O4S/c1-2-3-4-5-6-7-8-9-10-14-23-39-29(36)24-28-31(38)33-21-22-35(28)32(40)34-30(37)27-19-17-26(18-20-27)25-15-12-11-13-16-25/h11-13,15-20,28H,2-10,14,21-24H2,1H3,(H,33,38)(H,34,37,40). The number of piperazine rings is 1. The van der Waals surface area contributed by atoms with E-state index in [9.17, 15) is 14.4 Å². The van der Waals surface area contributed by atoms with Crippen molar-refractivity contribution in [1.82, 2.24) is 15.5 Å². The van der Waals surface area contributed by atoms with Gasteiger partial charge in [-0.05, 0) is 41.9 Å². The molecule has 1 unspecified atom stereocenters. The molecule has 3 rings (SSSR count). The van der Waals surface area contributed by atoms with Gasteiger partial charge in [-0.15, -0.1) is 0 Å². The van der Waals surface area contributed by atoms with E-state index in [2.05, 4.69) is 17.6 Å². The number of nitrogens with one attached hydrogen (secondary N) is 2. The molecule has 2 amide bonds. The van der Waals surface area contributed by atoms with Crippen molar-refractivity contribution in [2.45, 2.75) is 83.6 Å². The predicted molar refractivity (Wildman–Crippen MR) is 163 cm³/mol. The van der Waals surface area contributed by atoms with Gasteiger partial charge in [0.25, 0.3) is 5.91 Å². The van der Waals surface area contributed by atoms with Crippen LogP contribution in [0.15, 0.2) is 54.6 Å². The minimum Gasteiger partial charge on any atom is -0.466 e. The van der Waals surface area contributed by atoms with Crippen LogP contribution in [0.25, 0.3) is 11.1 Å². The number of carbonyl (C=O) groups is 3. The van der Waals surface area contributed by atoms with Crippen LogP contribution >= 0.6 is 12.2 Å². The number of carbonyl (C=O) groups excluding carboxylic acids is 3. The van der Waals surface area contributed by atoms with E-state index in [1.54, 1.807) is 17.0 Å². The number of unbranched alkanes of at least 4 members (excludes halogenated alkanes) is 9. The molecule has 0 spiro atoms. The highest BCUT2D eigenvalue weighted by Crippen LogP contribution is 2.19. The van der Waals surface area contributed by atoms with E-state index in [0.29, 0.717) is 25.3 Å². The van der Waals surface area contributed by atoms with Gasteiger partial charge in [0, 0.05) is 18.7 Å². The molecule has 216 valence electrons. The smallest absolute Gasteiger partial charge is 0.308 e. The maximum atomic E-state index is 12.9. The zero-order chi connectivity index (χ0) is 28.6. The Morgan fingerprint density at radius 3 is 2.15 bits per heavy atom. The van der Waals surface area contributed by atoms with Gasteiger partial charge in [0.1, 0.15) is 6.04 Å². The molecule has 1 aliphatic rings. The van der Waals surface area contributed by atoms with Crippen LogP contribution in [0.5, 0.6) is 0 Å². The van der Waals surface area contributed by atoms with Crippen LogP contribution in [-0.2, 0) is 14.3 Å². The molecule has 0 aromatic heterocycles. The molecule has 2 aromatic rings. The van der Waals surface area contributed by atoms with Gasteiger partial charge < -0.3 is 15.0 Å². The molecule has 1 saturated heterocycles. The monoisotopic (exact) mass is 565 g/mol. The van der Waals surface area contributed by atoms with Crippen molar-refractivity contribution in [3.63, 3.8) is 0 Å². The Morgan fingerprint density at radius 1 is 0.900 bits per heavy atom. The molecule has 40 heavy (non-hydrogen) atoms. The molecule has 0 saturated carbocycles. The Morgan fingerprint density at radius 2 is 1.50 bits per heavy atom. The SMILES string of the molecule is CCCCCCCCCCCCOC(=O)CC1C(=O)NCCN1C(=S)NC(=O)c1ccc(-c2ccccc2)cc1. The summed E-state index contributed by atoms with van der Waals surface area (Å²) in [5.41, 5.74) is 2.52. The molecule has 1 fully saturated rings. The van der Waals surface area contributed by atoms with Gasteiger partial charge in [-0.2, -0.15) is 0 Å². The molecule has 2 aromatic carbocycles. The lowest BCUT2D eigenvalue weighted by molar-refractivity contribution is -0.147. The van der Waals surface area contributed by atoms with Crippen molar-refractivity contribution in [2.24, 2.45) is 0 Å².